The fourth-order valence-electron chi connectivity index (χ4n) is 3.57. The first kappa shape index (κ1) is 21.6. The number of guanidine groups is 1. The molecule has 0 aromatic heterocycles. The van der Waals surface area contributed by atoms with E-state index in [0.717, 1.165) is 50.0 Å². The number of benzene rings is 2. The van der Waals surface area contributed by atoms with Gasteiger partial charge in [0, 0.05) is 57.1 Å². The van der Waals surface area contributed by atoms with E-state index in [4.69, 9.17) is 14.5 Å². The quantitative estimate of drug-likeness (QED) is 0.538. The predicted molar refractivity (Wildman–Crippen MR) is 121 cm³/mol. The summed E-state index contributed by atoms with van der Waals surface area (Å²) in [6.07, 6.45) is 0.675. The molecule has 0 bridgehead atoms. The minimum atomic E-state index is 0.251. The first-order valence-electron chi connectivity index (χ1n) is 10.4. The van der Waals surface area contributed by atoms with Crippen molar-refractivity contribution >= 4 is 11.6 Å². The molecule has 2 aromatic carbocycles. The maximum absolute atomic E-state index is 10.1. The fraction of sp³-hybridized carbons (Fsp3) is 0.435. The summed E-state index contributed by atoms with van der Waals surface area (Å²) in [5, 5.41) is 13.5. The smallest absolute Gasteiger partial charge is 0.194 e. The lowest BCUT2D eigenvalue weighted by Crippen LogP contribution is -2.52. The highest BCUT2D eigenvalue weighted by atomic mass is 16.5. The molecular formula is C23H32N4O3. The van der Waals surface area contributed by atoms with Gasteiger partial charge in [-0.3, -0.25) is 4.99 Å². The SMILES string of the molecule is CCNC(=NCCc1ccc(OC)cc1O)N1CCN(c2cccc(OC)c2)CC1. The highest BCUT2D eigenvalue weighted by Crippen LogP contribution is 2.24. The van der Waals surface area contributed by atoms with Crippen molar-refractivity contribution in [3.63, 3.8) is 0 Å². The number of piperazine rings is 1. The number of phenolic OH excluding ortho intramolecular Hbond substituents is 1. The summed E-state index contributed by atoms with van der Waals surface area (Å²) in [5.74, 6) is 2.71. The summed E-state index contributed by atoms with van der Waals surface area (Å²) in [4.78, 5) is 9.46. The largest absolute Gasteiger partial charge is 0.508 e. The van der Waals surface area contributed by atoms with Crippen molar-refractivity contribution in [2.75, 3.05) is 58.4 Å². The van der Waals surface area contributed by atoms with Gasteiger partial charge in [0.1, 0.15) is 17.2 Å². The molecule has 0 unspecified atom stereocenters. The second-order valence-electron chi connectivity index (χ2n) is 7.16. The number of nitrogens with zero attached hydrogens (tertiary/aromatic N) is 3. The molecule has 0 radical (unpaired) electrons. The molecule has 3 rings (SSSR count). The lowest BCUT2D eigenvalue weighted by molar-refractivity contribution is 0.372. The van der Waals surface area contributed by atoms with Gasteiger partial charge >= 0.3 is 0 Å². The summed E-state index contributed by atoms with van der Waals surface area (Å²) in [6, 6.07) is 13.6. The lowest BCUT2D eigenvalue weighted by Gasteiger charge is -2.37. The minimum Gasteiger partial charge on any atom is -0.508 e. The van der Waals surface area contributed by atoms with Crippen molar-refractivity contribution in [3.05, 3.63) is 48.0 Å². The predicted octanol–water partition coefficient (Wildman–Crippen LogP) is 2.74. The summed E-state index contributed by atoms with van der Waals surface area (Å²) in [7, 11) is 3.29. The average Bonchev–Trinajstić information content (AvgIpc) is 2.79. The summed E-state index contributed by atoms with van der Waals surface area (Å²) in [6.45, 7) is 7.17. The molecule has 1 aliphatic rings. The first-order chi connectivity index (χ1) is 14.6. The van der Waals surface area contributed by atoms with Crippen LogP contribution >= 0.6 is 0 Å². The van der Waals surface area contributed by atoms with E-state index in [-0.39, 0.29) is 5.75 Å². The van der Waals surface area contributed by atoms with Gasteiger partial charge in [-0.15, -0.1) is 0 Å². The zero-order chi connectivity index (χ0) is 21.3. The van der Waals surface area contributed by atoms with Crippen molar-refractivity contribution in [2.24, 2.45) is 4.99 Å². The molecule has 30 heavy (non-hydrogen) atoms. The van der Waals surface area contributed by atoms with Crippen LogP contribution in [0.5, 0.6) is 17.2 Å². The normalized spacial score (nSPS) is 14.6. The zero-order valence-corrected chi connectivity index (χ0v) is 18.1. The molecule has 162 valence electrons. The molecule has 0 spiro atoms. The average molecular weight is 413 g/mol. The Morgan fingerprint density at radius 1 is 1.03 bits per heavy atom. The van der Waals surface area contributed by atoms with Crippen LogP contribution in [0.2, 0.25) is 0 Å². The number of phenols is 1. The monoisotopic (exact) mass is 412 g/mol. The van der Waals surface area contributed by atoms with Crippen LogP contribution in [0.15, 0.2) is 47.5 Å². The van der Waals surface area contributed by atoms with Crippen molar-refractivity contribution < 1.29 is 14.6 Å². The molecule has 0 amide bonds. The number of nitrogens with one attached hydrogen (secondary N) is 1. The Hall–Kier alpha value is -3.09. The highest BCUT2D eigenvalue weighted by Gasteiger charge is 2.20. The summed E-state index contributed by atoms with van der Waals surface area (Å²) >= 11 is 0. The number of rotatable bonds is 7. The highest BCUT2D eigenvalue weighted by molar-refractivity contribution is 5.80. The maximum Gasteiger partial charge on any atom is 0.194 e. The van der Waals surface area contributed by atoms with Crippen LogP contribution < -0.4 is 19.7 Å². The van der Waals surface area contributed by atoms with E-state index in [0.29, 0.717) is 18.7 Å². The lowest BCUT2D eigenvalue weighted by atomic mass is 10.1. The van der Waals surface area contributed by atoms with Crippen molar-refractivity contribution in [3.8, 4) is 17.2 Å². The van der Waals surface area contributed by atoms with E-state index in [9.17, 15) is 5.11 Å². The maximum atomic E-state index is 10.1. The molecule has 0 atom stereocenters. The van der Waals surface area contributed by atoms with Gasteiger partial charge in [0.25, 0.3) is 0 Å². The molecule has 7 heteroatoms. The van der Waals surface area contributed by atoms with E-state index >= 15 is 0 Å². The van der Waals surface area contributed by atoms with Crippen LogP contribution in [-0.2, 0) is 6.42 Å². The molecule has 0 saturated carbocycles. The molecule has 1 heterocycles. The minimum absolute atomic E-state index is 0.251. The third kappa shape index (κ3) is 5.49. The van der Waals surface area contributed by atoms with E-state index in [1.165, 1.54) is 5.69 Å². The van der Waals surface area contributed by atoms with Gasteiger partial charge < -0.3 is 29.7 Å². The van der Waals surface area contributed by atoms with Gasteiger partial charge in [-0.05, 0) is 37.1 Å². The van der Waals surface area contributed by atoms with Gasteiger partial charge in [0.05, 0.1) is 14.2 Å². The van der Waals surface area contributed by atoms with Crippen molar-refractivity contribution in [1.82, 2.24) is 10.2 Å². The Kier molecular flexibility index (Phi) is 7.65. The Balaban J connectivity index is 1.58. The molecule has 2 N–H and O–H groups in total. The van der Waals surface area contributed by atoms with Crippen LogP contribution in [-0.4, -0.2) is 69.5 Å². The third-order valence-electron chi connectivity index (χ3n) is 5.27. The number of hydrogen-bond donors (Lipinski definition) is 2. The van der Waals surface area contributed by atoms with Crippen LogP contribution in [0.1, 0.15) is 12.5 Å². The molecule has 7 nitrogen and oxygen atoms in total. The van der Waals surface area contributed by atoms with Gasteiger partial charge in [0.2, 0.25) is 0 Å². The number of methoxy groups -OCH3 is 2. The van der Waals surface area contributed by atoms with E-state index < -0.39 is 0 Å². The Labute approximate surface area is 178 Å². The van der Waals surface area contributed by atoms with Gasteiger partial charge in [-0.2, -0.15) is 0 Å². The Morgan fingerprint density at radius 3 is 2.43 bits per heavy atom. The van der Waals surface area contributed by atoms with E-state index in [1.807, 2.05) is 24.3 Å². The third-order valence-corrected chi connectivity index (χ3v) is 5.27. The van der Waals surface area contributed by atoms with Crippen LogP contribution in [0.25, 0.3) is 0 Å². The van der Waals surface area contributed by atoms with Gasteiger partial charge in [0.15, 0.2) is 5.96 Å². The zero-order valence-electron chi connectivity index (χ0n) is 18.1. The topological polar surface area (TPSA) is 69.6 Å². The molecule has 1 aliphatic heterocycles. The number of ether oxygens (including phenoxy) is 2. The second-order valence-corrected chi connectivity index (χ2v) is 7.16. The van der Waals surface area contributed by atoms with Crippen LogP contribution in [0.3, 0.4) is 0 Å². The van der Waals surface area contributed by atoms with Crippen molar-refractivity contribution in [2.45, 2.75) is 13.3 Å². The van der Waals surface area contributed by atoms with Crippen molar-refractivity contribution in [1.29, 1.82) is 0 Å². The number of aromatic hydroxyl groups is 1. The summed E-state index contributed by atoms with van der Waals surface area (Å²) < 4.78 is 10.5. The number of hydrogen-bond acceptors (Lipinski definition) is 5. The fourth-order valence-corrected chi connectivity index (χ4v) is 3.57. The van der Waals surface area contributed by atoms with Crippen LogP contribution in [0.4, 0.5) is 5.69 Å². The second kappa shape index (κ2) is 10.6. The molecule has 1 saturated heterocycles. The Morgan fingerprint density at radius 2 is 1.77 bits per heavy atom. The first-order valence-corrected chi connectivity index (χ1v) is 10.4. The van der Waals surface area contributed by atoms with Gasteiger partial charge in [-0.1, -0.05) is 12.1 Å². The molecule has 1 fully saturated rings. The summed E-state index contributed by atoms with van der Waals surface area (Å²) in [5.41, 5.74) is 2.06. The number of aliphatic imine (C=N–C) groups is 1. The number of anilines is 1. The van der Waals surface area contributed by atoms with Crippen LogP contribution in [0, 0.1) is 0 Å². The molecular weight excluding hydrogens is 380 g/mol. The van der Waals surface area contributed by atoms with E-state index in [1.54, 1.807) is 20.3 Å². The van der Waals surface area contributed by atoms with E-state index in [2.05, 4.69) is 34.2 Å². The molecule has 2 aromatic rings. The molecule has 0 aliphatic carbocycles. The van der Waals surface area contributed by atoms with Gasteiger partial charge in [-0.25, -0.2) is 0 Å². The standard InChI is InChI=1S/C23H32N4O3/c1-4-24-23(25-11-10-18-8-9-21(30-3)17-22(18)28)27-14-12-26(13-15-27)19-6-5-7-20(16-19)29-2/h5-9,16-17,28H,4,10-15H2,1-3H3,(H,24,25). The Bertz CT molecular complexity index is 848.